The van der Waals surface area contributed by atoms with Gasteiger partial charge >= 0.3 is 5.97 Å². The Morgan fingerprint density at radius 3 is 2.58 bits per heavy atom. The highest BCUT2D eigenvalue weighted by molar-refractivity contribution is 5.77. The van der Waals surface area contributed by atoms with Crippen molar-refractivity contribution in [1.82, 2.24) is 10.2 Å². The molecule has 0 saturated carbocycles. The van der Waals surface area contributed by atoms with Gasteiger partial charge in [-0.25, -0.2) is 0 Å². The van der Waals surface area contributed by atoms with Crippen molar-refractivity contribution in [3.8, 4) is 0 Å². The number of hydrogen-bond acceptors (Lipinski definition) is 3. The minimum absolute atomic E-state index is 0.0502. The largest absolute Gasteiger partial charge is 0.481 e. The molecule has 1 unspecified atom stereocenters. The zero-order valence-corrected chi connectivity index (χ0v) is 11.4. The van der Waals surface area contributed by atoms with Crippen LogP contribution in [0.1, 0.15) is 45.4 Å². The standard InChI is InChI=1S/C13H22N2O4/c1-10(16)14-11-5-4-8-15(9-11)12(17)6-2-3-7-13(18)19/h11H,2-9H2,1H3,(H,14,16)(H,18,19). The van der Waals surface area contributed by atoms with Crippen LogP contribution in [0.5, 0.6) is 0 Å². The maximum atomic E-state index is 11.9. The summed E-state index contributed by atoms with van der Waals surface area (Å²) in [7, 11) is 0. The fourth-order valence-corrected chi connectivity index (χ4v) is 2.32. The highest BCUT2D eigenvalue weighted by atomic mass is 16.4. The summed E-state index contributed by atoms with van der Waals surface area (Å²) in [6, 6.07) is 0.0502. The van der Waals surface area contributed by atoms with Gasteiger partial charge in [0.1, 0.15) is 0 Å². The molecule has 19 heavy (non-hydrogen) atoms. The van der Waals surface area contributed by atoms with Crippen LogP contribution in [0, 0.1) is 0 Å². The zero-order valence-electron chi connectivity index (χ0n) is 11.4. The summed E-state index contributed by atoms with van der Waals surface area (Å²) in [5.74, 6) is -0.836. The first-order valence-electron chi connectivity index (χ1n) is 6.75. The topological polar surface area (TPSA) is 86.7 Å². The van der Waals surface area contributed by atoms with E-state index in [1.807, 2.05) is 0 Å². The molecule has 2 amide bonds. The first-order chi connectivity index (χ1) is 8.99. The highest BCUT2D eigenvalue weighted by Gasteiger charge is 2.23. The summed E-state index contributed by atoms with van der Waals surface area (Å²) in [5.41, 5.74) is 0. The average molecular weight is 270 g/mol. The maximum Gasteiger partial charge on any atom is 0.303 e. The summed E-state index contributed by atoms with van der Waals surface area (Å²) in [5, 5.41) is 11.3. The van der Waals surface area contributed by atoms with Gasteiger partial charge in [0, 0.05) is 38.9 Å². The molecule has 1 aliphatic rings. The van der Waals surface area contributed by atoms with E-state index in [4.69, 9.17) is 5.11 Å². The average Bonchev–Trinajstić information content (AvgIpc) is 2.33. The number of hydrogen-bond donors (Lipinski definition) is 2. The van der Waals surface area contributed by atoms with Gasteiger partial charge in [-0.05, 0) is 25.7 Å². The monoisotopic (exact) mass is 270 g/mol. The van der Waals surface area contributed by atoms with Crippen LogP contribution in [-0.4, -0.2) is 46.9 Å². The van der Waals surface area contributed by atoms with Gasteiger partial charge in [-0.15, -0.1) is 0 Å². The van der Waals surface area contributed by atoms with E-state index in [1.54, 1.807) is 4.90 Å². The third-order valence-electron chi connectivity index (χ3n) is 3.21. The molecule has 6 nitrogen and oxygen atoms in total. The normalized spacial score (nSPS) is 19.0. The van der Waals surface area contributed by atoms with Gasteiger partial charge in [0.25, 0.3) is 0 Å². The SMILES string of the molecule is CC(=O)NC1CCCN(C(=O)CCCCC(=O)O)C1. The Kier molecular flexibility index (Phi) is 6.32. The van der Waals surface area contributed by atoms with Crippen LogP contribution < -0.4 is 5.32 Å². The van der Waals surface area contributed by atoms with Crippen molar-refractivity contribution >= 4 is 17.8 Å². The van der Waals surface area contributed by atoms with E-state index < -0.39 is 5.97 Å². The lowest BCUT2D eigenvalue weighted by atomic mass is 10.0. The van der Waals surface area contributed by atoms with Gasteiger partial charge in [-0.1, -0.05) is 0 Å². The number of likely N-dealkylation sites (tertiary alicyclic amines) is 1. The van der Waals surface area contributed by atoms with E-state index in [0.717, 1.165) is 19.4 Å². The number of carbonyl (C=O) groups excluding carboxylic acids is 2. The van der Waals surface area contributed by atoms with E-state index in [9.17, 15) is 14.4 Å². The molecular weight excluding hydrogens is 248 g/mol. The summed E-state index contributed by atoms with van der Waals surface area (Å²) in [4.78, 5) is 35.1. The Hall–Kier alpha value is -1.59. The van der Waals surface area contributed by atoms with Crippen LogP contribution in [0.25, 0.3) is 0 Å². The number of unbranched alkanes of at least 4 members (excludes halogenated alkanes) is 1. The summed E-state index contributed by atoms with van der Waals surface area (Å²) < 4.78 is 0. The van der Waals surface area contributed by atoms with E-state index >= 15 is 0 Å². The van der Waals surface area contributed by atoms with Gasteiger partial charge in [0.15, 0.2) is 0 Å². The highest BCUT2D eigenvalue weighted by Crippen LogP contribution is 2.12. The molecule has 0 bridgehead atoms. The number of nitrogens with one attached hydrogen (secondary N) is 1. The molecule has 1 atom stereocenters. The quantitative estimate of drug-likeness (QED) is 0.698. The molecule has 2 N–H and O–H groups in total. The van der Waals surface area contributed by atoms with Gasteiger partial charge in [-0.3, -0.25) is 14.4 Å². The van der Waals surface area contributed by atoms with Crippen LogP contribution in [0.15, 0.2) is 0 Å². The third kappa shape index (κ3) is 6.22. The zero-order chi connectivity index (χ0) is 14.3. The number of piperidine rings is 1. The molecule has 0 radical (unpaired) electrons. The lowest BCUT2D eigenvalue weighted by molar-refractivity contribution is -0.137. The molecule has 1 heterocycles. The van der Waals surface area contributed by atoms with Gasteiger partial charge in [0.2, 0.25) is 11.8 Å². The molecule has 0 aromatic heterocycles. The molecular formula is C13H22N2O4. The predicted octanol–water partition coefficient (Wildman–Crippen LogP) is 0.758. The number of nitrogens with zero attached hydrogens (tertiary/aromatic N) is 1. The van der Waals surface area contributed by atoms with Crippen LogP contribution >= 0.6 is 0 Å². The molecule has 1 fully saturated rings. The predicted molar refractivity (Wildman–Crippen MR) is 69.5 cm³/mol. The van der Waals surface area contributed by atoms with Crippen molar-refractivity contribution in [2.45, 2.75) is 51.5 Å². The first-order valence-corrected chi connectivity index (χ1v) is 6.75. The minimum atomic E-state index is -0.823. The molecule has 108 valence electrons. The van der Waals surface area contributed by atoms with Crippen molar-refractivity contribution in [3.05, 3.63) is 0 Å². The van der Waals surface area contributed by atoms with E-state index in [0.29, 0.717) is 25.8 Å². The minimum Gasteiger partial charge on any atom is -0.481 e. The molecule has 0 aromatic rings. The van der Waals surface area contributed by atoms with E-state index in [1.165, 1.54) is 6.92 Å². The number of rotatable bonds is 6. The number of carbonyl (C=O) groups is 3. The molecule has 1 saturated heterocycles. The Morgan fingerprint density at radius 2 is 1.95 bits per heavy atom. The third-order valence-corrected chi connectivity index (χ3v) is 3.21. The second-order valence-corrected chi connectivity index (χ2v) is 4.98. The lowest BCUT2D eigenvalue weighted by Gasteiger charge is -2.33. The maximum absolute atomic E-state index is 11.9. The second-order valence-electron chi connectivity index (χ2n) is 4.98. The first kappa shape index (κ1) is 15.5. The smallest absolute Gasteiger partial charge is 0.303 e. The fraction of sp³-hybridized carbons (Fsp3) is 0.769. The number of carboxylic acids is 1. The van der Waals surface area contributed by atoms with Crippen molar-refractivity contribution < 1.29 is 19.5 Å². The molecule has 1 aliphatic heterocycles. The number of aliphatic carboxylic acids is 1. The number of carboxylic acid groups (broad SMARTS) is 1. The number of amides is 2. The lowest BCUT2D eigenvalue weighted by Crippen LogP contribution is -2.49. The Balaban J connectivity index is 2.27. The van der Waals surface area contributed by atoms with E-state index in [-0.39, 0.29) is 24.3 Å². The van der Waals surface area contributed by atoms with Gasteiger partial charge in [-0.2, -0.15) is 0 Å². The van der Waals surface area contributed by atoms with Crippen LogP contribution in [0.4, 0.5) is 0 Å². The Morgan fingerprint density at radius 1 is 1.26 bits per heavy atom. The molecule has 1 rings (SSSR count). The summed E-state index contributed by atoms with van der Waals surface area (Å²) in [6.07, 6.45) is 3.44. The van der Waals surface area contributed by atoms with Crippen LogP contribution in [0.2, 0.25) is 0 Å². The van der Waals surface area contributed by atoms with E-state index in [2.05, 4.69) is 5.32 Å². The molecule has 0 spiro atoms. The summed E-state index contributed by atoms with van der Waals surface area (Å²) >= 11 is 0. The van der Waals surface area contributed by atoms with Crippen LogP contribution in [-0.2, 0) is 14.4 Å². The van der Waals surface area contributed by atoms with Gasteiger partial charge < -0.3 is 15.3 Å². The van der Waals surface area contributed by atoms with Gasteiger partial charge in [0.05, 0.1) is 0 Å². The van der Waals surface area contributed by atoms with Crippen molar-refractivity contribution in [1.29, 1.82) is 0 Å². The fourth-order valence-electron chi connectivity index (χ4n) is 2.32. The molecule has 0 aliphatic carbocycles. The molecule has 0 aromatic carbocycles. The Bertz CT molecular complexity index is 344. The van der Waals surface area contributed by atoms with Crippen molar-refractivity contribution in [2.24, 2.45) is 0 Å². The summed E-state index contributed by atoms with van der Waals surface area (Å²) in [6.45, 7) is 2.78. The second kappa shape index (κ2) is 7.76. The van der Waals surface area contributed by atoms with Crippen LogP contribution in [0.3, 0.4) is 0 Å². The van der Waals surface area contributed by atoms with Crippen molar-refractivity contribution in [2.75, 3.05) is 13.1 Å². The Labute approximate surface area is 113 Å². The molecule has 6 heteroatoms. The van der Waals surface area contributed by atoms with Crippen molar-refractivity contribution in [3.63, 3.8) is 0 Å².